The van der Waals surface area contributed by atoms with Crippen molar-refractivity contribution in [1.82, 2.24) is 9.97 Å². The van der Waals surface area contributed by atoms with Gasteiger partial charge >= 0.3 is 0 Å². The van der Waals surface area contributed by atoms with Crippen molar-refractivity contribution >= 4 is 11.6 Å². The van der Waals surface area contributed by atoms with Crippen LogP contribution in [0.5, 0.6) is 0 Å². The number of hydrogen-bond donors (Lipinski definition) is 3. The second-order valence-electron chi connectivity index (χ2n) is 5.31. The van der Waals surface area contributed by atoms with Gasteiger partial charge in [0, 0.05) is 24.3 Å². The van der Waals surface area contributed by atoms with Gasteiger partial charge in [0.1, 0.15) is 18.0 Å². The highest BCUT2D eigenvalue weighted by atomic mass is 16.3. The summed E-state index contributed by atoms with van der Waals surface area (Å²) in [6.45, 7) is 9.33. The van der Waals surface area contributed by atoms with Crippen molar-refractivity contribution in [3.63, 3.8) is 0 Å². The molecule has 0 aromatic carbocycles. The molecule has 19 heavy (non-hydrogen) atoms. The van der Waals surface area contributed by atoms with Crippen LogP contribution in [-0.2, 0) is 6.42 Å². The zero-order chi connectivity index (χ0) is 14.3. The van der Waals surface area contributed by atoms with E-state index in [0.29, 0.717) is 6.42 Å². The Morgan fingerprint density at radius 1 is 1.21 bits per heavy atom. The summed E-state index contributed by atoms with van der Waals surface area (Å²) >= 11 is 0. The predicted molar refractivity (Wildman–Crippen MR) is 79.6 cm³/mol. The van der Waals surface area contributed by atoms with E-state index in [1.165, 1.54) is 0 Å². The molecule has 1 heterocycles. The highest BCUT2D eigenvalue weighted by molar-refractivity contribution is 5.58. The minimum atomic E-state index is -0.185. The summed E-state index contributed by atoms with van der Waals surface area (Å²) in [6, 6.07) is 0. The molecule has 0 fully saturated rings. The van der Waals surface area contributed by atoms with Gasteiger partial charge in [0.25, 0.3) is 0 Å². The summed E-state index contributed by atoms with van der Waals surface area (Å²) in [4.78, 5) is 8.68. The van der Waals surface area contributed by atoms with Crippen molar-refractivity contribution in [2.24, 2.45) is 0 Å². The largest absolute Gasteiger partial charge is 0.396 e. The molecule has 0 aliphatic heterocycles. The number of rotatable bonds is 8. The van der Waals surface area contributed by atoms with Crippen LogP contribution < -0.4 is 10.6 Å². The van der Waals surface area contributed by atoms with Gasteiger partial charge in [-0.05, 0) is 33.6 Å². The van der Waals surface area contributed by atoms with E-state index in [9.17, 15) is 0 Å². The molecule has 0 radical (unpaired) electrons. The average Bonchev–Trinajstić information content (AvgIpc) is 2.33. The molecule has 1 aromatic heterocycles. The molecule has 108 valence electrons. The SMILES string of the molecule is CCCc1c(NCC)ncnc1NC(C)(C)CCO. The van der Waals surface area contributed by atoms with Gasteiger partial charge in [-0.15, -0.1) is 0 Å². The molecule has 1 aromatic rings. The summed E-state index contributed by atoms with van der Waals surface area (Å²) < 4.78 is 0. The van der Waals surface area contributed by atoms with Gasteiger partial charge < -0.3 is 15.7 Å². The van der Waals surface area contributed by atoms with Gasteiger partial charge in [-0.3, -0.25) is 0 Å². The monoisotopic (exact) mass is 266 g/mol. The van der Waals surface area contributed by atoms with Crippen LogP contribution in [0, 0.1) is 0 Å². The highest BCUT2D eigenvalue weighted by Gasteiger charge is 2.20. The van der Waals surface area contributed by atoms with Crippen LogP contribution in [0.4, 0.5) is 11.6 Å². The average molecular weight is 266 g/mol. The molecule has 0 atom stereocenters. The summed E-state index contributed by atoms with van der Waals surface area (Å²) in [5.41, 5.74) is 0.938. The van der Waals surface area contributed by atoms with E-state index in [-0.39, 0.29) is 12.1 Å². The van der Waals surface area contributed by atoms with E-state index in [0.717, 1.165) is 36.6 Å². The number of aliphatic hydroxyl groups excluding tert-OH is 1. The lowest BCUT2D eigenvalue weighted by molar-refractivity contribution is 0.260. The van der Waals surface area contributed by atoms with Crippen LogP contribution >= 0.6 is 0 Å². The third-order valence-electron chi connectivity index (χ3n) is 2.98. The third-order valence-corrected chi connectivity index (χ3v) is 2.98. The summed E-state index contributed by atoms with van der Waals surface area (Å²) in [5, 5.41) is 15.8. The Bertz CT molecular complexity index is 393. The summed E-state index contributed by atoms with van der Waals surface area (Å²) in [5.74, 6) is 1.77. The van der Waals surface area contributed by atoms with E-state index < -0.39 is 0 Å². The van der Waals surface area contributed by atoms with Crippen LogP contribution in [-0.4, -0.2) is 33.8 Å². The highest BCUT2D eigenvalue weighted by Crippen LogP contribution is 2.25. The molecular formula is C14H26N4O. The van der Waals surface area contributed by atoms with E-state index in [2.05, 4.69) is 48.3 Å². The van der Waals surface area contributed by atoms with Crippen molar-refractivity contribution in [3.05, 3.63) is 11.9 Å². The number of nitrogens with one attached hydrogen (secondary N) is 2. The zero-order valence-corrected chi connectivity index (χ0v) is 12.5. The van der Waals surface area contributed by atoms with E-state index in [1.807, 2.05) is 0 Å². The first kappa shape index (κ1) is 15.7. The Hall–Kier alpha value is -1.36. The molecule has 0 spiro atoms. The lowest BCUT2D eigenvalue weighted by Crippen LogP contribution is -2.33. The molecular weight excluding hydrogens is 240 g/mol. The Kier molecular flexibility index (Phi) is 6.02. The molecule has 0 aliphatic carbocycles. The maximum absolute atomic E-state index is 9.11. The molecule has 0 saturated carbocycles. The van der Waals surface area contributed by atoms with Gasteiger partial charge in [-0.2, -0.15) is 0 Å². The minimum Gasteiger partial charge on any atom is -0.396 e. The molecule has 0 saturated heterocycles. The molecule has 5 nitrogen and oxygen atoms in total. The van der Waals surface area contributed by atoms with Crippen LogP contribution in [0.25, 0.3) is 0 Å². The fraction of sp³-hybridized carbons (Fsp3) is 0.714. The second kappa shape index (κ2) is 7.28. The molecule has 0 amide bonds. The van der Waals surface area contributed by atoms with E-state index in [1.54, 1.807) is 6.33 Å². The fourth-order valence-electron chi connectivity index (χ4n) is 1.99. The Balaban J connectivity index is 3.01. The number of aromatic nitrogens is 2. The summed E-state index contributed by atoms with van der Waals surface area (Å²) in [6.07, 6.45) is 4.23. The van der Waals surface area contributed by atoms with Gasteiger partial charge in [-0.25, -0.2) is 9.97 Å². The van der Waals surface area contributed by atoms with Crippen LogP contribution in [0.15, 0.2) is 6.33 Å². The van der Waals surface area contributed by atoms with Crippen LogP contribution in [0.2, 0.25) is 0 Å². The normalized spacial score (nSPS) is 11.4. The van der Waals surface area contributed by atoms with Crippen LogP contribution in [0.3, 0.4) is 0 Å². The maximum atomic E-state index is 9.11. The van der Waals surface area contributed by atoms with Crippen molar-refractivity contribution in [1.29, 1.82) is 0 Å². The first-order valence-electron chi connectivity index (χ1n) is 7.00. The number of nitrogens with zero attached hydrogens (tertiary/aromatic N) is 2. The van der Waals surface area contributed by atoms with Gasteiger partial charge in [0.05, 0.1) is 0 Å². The Morgan fingerprint density at radius 2 is 1.89 bits per heavy atom. The second-order valence-corrected chi connectivity index (χ2v) is 5.31. The molecule has 5 heteroatoms. The molecule has 3 N–H and O–H groups in total. The third kappa shape index (κ3) is 4.67. The van der Waals surface area contributed by atoms with Crippen molar-refractivity contribution in [2.45, 2.75) is 52.5 Å². The number of aliphatic hydroxyl groups is 1. The van der Waals surface area contributed by atoms with E-state index >= 15 is 0 Å². The topological polar surface area (TPSA) is 70.1 Å². The van der Waals surface area contributed by atoms with Gasteiger partial charge in [-0.1, -0.05) is 13.3 Å². The fourth-order valence-corrected chi connectivity index (χ4v) is 1.99. The minimum absolute atomic E-state index is 0.161. The maximum Gasteiger partial charge on any atom is 0.135 e. The standard InChI is InChI=1S/C14H26N4O/c1-5-7-11-12(15-6-2)16-10-17-13(11)18-14(3,4)8-9-19/h10,19H,5-9H2,1-4H3,(H2,15,16,17,18). The molecule has 0 unspecified atom stereocenters. The van der Waals surface area contributed by atoms with Gasteiger partial charge in [0.2, 0.25) is 0 Å². The smallest absolute Gasteiger partial charge is 0.135 e. The molecule has 1 rings (SSSR count). The Morgan fingerprint density at radius 3 is 2.47 bits per heavy atom. The van der Waals surface area contributed by atoms with Crippen molar-refractivity contribution in [3.8, 4) is 0 Å². The van der Waals surface area contributed by atoms with E-state index in [4.69, 9.17) is 5.11 Å². The lowest BCUT2D eigenvalue weighted by Gasteiger charge is -2.27. The summed E-state index contributed by atoms with van der Waals surface area (Å²) in [7, 11) is 0. The number of anilines is 2. The van der Waals surface area contributed by atoms with Crippen LogP contribution in [0.1, 0.15) is 46.1 Å². The quantitative estimate of drug-likeness (QED) is 0.674. The number of hydrogen-bond acceptors (Lipinski definition) is 5. The first-order valence-corrected chi connectivity index (χ1v) is 7.00. The molecule has 0 bridgehead atoms. The van der Waals surface area contributed by atoms with Crippen molar-refractivity contribution in [2.75, 3.05) is 23.8 Å². The lowest BCUT2D eigenvalue weighted by atomic mass is 10.0. The van der Waals surface area contributed by atoms with Gasteiger partial charge in [0.15, 0.2) is 0 Å². The predicted octanol–water partition coefficient (Wildman–Crippen LogP) is 2.43. The zero-order valence-electron chi connectivity index (χ0n) is 12.5. The molecule has 0 aliphatic rings. The first-order chi connectivity index (χ1) is 9.04. The van der Waals surface area contributed by atoms with Crippen molar-refractivity contribution < 1.29 is 5.11 Å². The Labute approximate surface area is 115 Å².